The van der Waals surface area contributed by atoms with Crippen LogP contribution in [0.3, 0.4) is 0 Å². The Morgan fingerprint density at radius 2 is 1.50 bits per heavy atom. The van der Waals surface area contributed by atoms with Gasteiger partial charge in [-0.05, 0) is 25.6 Å². The van der Waals surface area contributed by atoms with Crippen LogP contribution in [0.4, 0.5) is 0 Å². The Hall–Kier alpha value is -0.870. The van der Waals surface area contributed by atoms with Crippen LogP contribution in [0.15, 0.2) is 12.1 Å². The molecule has 0 aromatic rings. The van der Waals surface area contributed by atoms with Crippen molar-refractivity contribution in [1.29, 1.82) is 0 Å². The van der Waals surface area contributed by atoms with E-state index in [0.29, 0.717) is 25.7 Å². The van der Waals surface area contributed by atoms with Crippen molar-refractivity contribution in [1.82, 2.24) is 0 Å². The summed E-state index contributed by atoms with van der Waals surface area (Å²) < 4.78 is 30.1. The lowest BCUT2D eigenvalue weighted by Gasteiger charge is -2.17. The maximum absolute atomic E-state index is 10.6. The maximum Gasteiger partial charge on any atom is 0.327 e. The highest BCUT2D eigenvalue weighted by molar-refractivity contribution is 5.79. The zero-order chi connectivity index (χ0) is 20.2. The summed E-state index contributed by atoms with van der Waals surface area (Å²) in [5.41, 5.74) is 0. The number of allylic oxidation sites excluding steroid dienone is 1. The molecule has 0 amide bonds. The summed E-state index contributed by atoms with van der Waals surface area (Å²) in [7, 11) is 0. The monoisotopic (exact) mass is 318 g/mol. The number of aliphatic carboxylic acids is 1. The normalized spacial score (nSPS) is 18.5. The van der Waals surface area contributed by atoms with Crippen molar-refractivity contribution in [2.45, 2.75) is 96.1 Å². The molecule has 130 valence electrons. The minimum absolute atomic E-state index is 0.0955. The minimum Gasteiger partial charge on any atom is -0.478 e. The highest BCUT2D eigenvalue weighted by Crippen LogP contribution is 2.14. The molecule has 0 rings (SSSR count). The molecular weight excluding hydrogens is 280 g/mol. The van der Waals surface area contributed by atoms with Crippen LogP contribution in [0, 0.1) is 0 Å². The molecule has 0 aliphatic heterocycles. The smallest absolute Gasteiger partial charge is 0.327 e. The van der Waals surface area contributed by atoms with E-state index in [1.165, 1.54) is 19.3 Å². The molecule has 2 unspecified atom stereocenters. The van der Waals surface area contributed by atoms with Crippen molar-refractivity contribution in [2.24, 2.45) is 0 Å². The number of unbranched alkanes of at least 4 members (excludes halogenated alkanes) is 6. The van der Waals surface area contributed by atoms with Gasteiger partial charge in [-0.15, -0.1) is 0 Å². The van der Waals surface area contributed by atoms with Gasteiger partial charge in [-0.3, -0.25) is 0 Å². The highest BCUT2D eigenvalue weighted by atomic mass is 16.4. The number of carboxylic acid groups (broad SMARTS) is 1. The number of carbonyl (C=O) groups is 1. The molecule has 0 aromatic carbocycles. The Kier molecular flexibility index (Phi) is 10.1. The Balaban J connectivity index is 4.04. The number of carboxylic acids is 1. The summed E-state index contributed by atoms with van der Waals surface area (Å²) in [5.74, 6) is -1.62. The zero-order valence-electron chi connectivity index (χ0n) is 17.7. The lowest BCUT2D eigenvalue weighted by Crippen LogP contribution is -2.25. The van der Waals surface area contributed by atoms with Crippen molar-refractivity contribution in [2.75, 3.05) is 0 Å². The van der Waals surface area contributed by atoms with Crippen molar-refractivity contribution in [3.8, 4) is 0 Å². The van der Waals surface area contributed by atoms with Gasteiger partial charge in [-0.2, -0.15) is 0 Å². The van der Waals surface area contributed by atoms with E-state index < -0.39 is 36.7 Å². The van der Waals surface area contributed by atoms with Crippen molar-refractivity contribution >= 4 is 5.97 Å². The lowest BCUT2D eigenvalue weighted by molar-refractivity contribution is -0.131. The molecule has 0 aliphatic carbocycles. The molecule has 0 bridgehead atoms. The fraction of sp³-hybridized carbons (Fsp3) is 0.833. The Morgan fingerprint density at radius 1 is 1.00 bits per heavy atom. The van der Waals surface area contributed by atoms with Crippen LogP contribution in [-0.4, -0.2) is 33.5 Å². The summed E-state index contributed by atoms with van der Waals surface area (Å²) in [6.45, 7) is 2.16. The van der Waals surface area contributed by atoms with Gasteiger partial charge in [0.25, 0.3) is 0 Å². The summed E-state index contributed by atoms with van der Waals surface area (Å²) in [5, 5.41) is 28.6. The van der Waals surface area contributed by atoms with Gasteiger partial charge in [-0.1, -0.05) is 64.3 Å². The van der Waals surface area contributed by atoms with E-state index >= 15 is 0 Å². The third kappa shape index (κ3) is 14.1. The summed E-state index contributed by atoms with van der Waals surface area (Å²) in [6.07, 6.45) is 4.44. The Labute approximate surface area is 140 Å². The SMILES string of the molecule is [2H]C(C(=O)O)=C([2H])C([2H])([2H])CCCCC(O)C(O)CCCCCCCC. The van der Waals surface area contributed by atoms with Gasteiger partial charge in [0.05, 0.1) is 14.9 Å². The molecule has 4 nitrogen and oxygen atoms in total. The average Bonchev–Trinajstić information content (AvgIpc) is 2.59. The molecule has 0 spiro atoms. The van der Waals surface area contributed by atoms with Crippen LogP contribution in [0.2, 0.25) is 0 Å². The van der Waals surface area contributed by atoms with Crippen molar-refractivity contribution < 1.29 is 25.6 Å². The predicted octanol–water partition coefficient (Wildman–Crippen LogP) is 4.05. The summed E-state index contributed by atoms with van der Waals surface area (Å²) in [6, 6.07) is -1.88. The average molecular weight is 318 g/mol. The van der Waals surface area contributed by atoms with E-state index in [1.807, 2.05) is 0 Å². The number of aliphatic hydroxyl groups is 2. The van der Waals surface area contributed by atoms with E-state index in [2.05, 4.69) is 6.92 Å². The maximum atomic E-state index is 10.6. The molecule has 2 atom stereocenters. The van der Waals surface area contributed by atoms with Gasteiger partial charge in [0.2, 0.25) is 0 Å². The topological polar surface area (TPSA) is 77.8 Å². The first-order valence-electron chi connectivity index (χ1n) is 10.4. The van der Waals surface area contributed by atoms with Gasteiger partial charge < -0.3 is 15.3 Å². The van der Waals surface area contributed by atoms with E-state index in [0.717, 1.165) is 19.3 Å². The number of hydrogen-bond donors (Lipinski definition) is 3. The van der Waals surface area contributed by atoms with E-state index in [1.54, 1.807) is 0 Å². The molecule has 22 heavy (non-hydrogen) atoms. The highest BCUT2D eigenvalue weighted by Gasteiger charge is 2.14. The summed E-state index contributed by atoms with van der Waals surface area (Å²) >= 11 is 0. The molecule has 0 aromatic heterocycles. The molecule has 0 saturated carbocycles. The molecule has 4 heteroatoms. The first-order chi connectivity index (χ1) is 12.1. The fourth-order valence-corrected chi connectivity index (χ4v) is 2.25. The molecule has 0 fully saturated rings. The second-order valence-corrected chi connectivity index (χ2v) is 5.67. The standard InChI is InChI=1S/C18H34O4/c1-2-3-4-5-7-10-13-16(19)17(20)14-11-8-6-9-12-15-18(21)22/h12,15-17,19-20H,2-11,13-14H2,1H3,(H,21,22)/i9D2,12D,15D. The van der Waals surface area contributed by atoms with E-state index in [4.69, 9.17) is 10.6 Å². The second kappa shape index (κ2) is 15.0. The first-order valence-corrected chi connectivity index (χ1v) is 8.40. The van der Waals surface area contributed by atoms with Crippen LogP contribution < -0.4 is 0 Å². The zero-order valence-corrected chi connectivity index (χ0v) is 13.7. The molecule has 0 heterocycles. The van der Waals surface area contributed by atoms with Crippen LogP contribution in [0.1, 0.15) is 89.4 Å². The van der Waals surface area contributed by atoms with Crippen LogP contribution in [-0.2, 0) is 4.79 Å². The first kappa shape index (κ1) is 14.7. The molecule has 0 radical (unpaired) electrons. The van der Waals surface area contributed by atoms with Crippen LogP contribution in [0.5, 0.6) is 0 Å². The van der Waals surface area contributed by atoms with Gasteiger partial charge in [0, 0.05) is 8.79 Å². The van der Waals surface area contributed by atoms with Gasteiger partial charge in [-0.25, -0.2) is 4.79 Å². The Bertz CT molecular complexity index is 441. The minimum atomic E-state index is -2.18. The number of aliphatic hydroxyl groups excluding tert-OH is 2. The molecule has 3 N–H and O–H groups in total. The van der Waals surface area contributed by atoms with Gasteiger partial charge in [0.1, 0.15) is 0 Å². The van der Waals surface area contributed by atoms with E-state index in [9.17, 15) is 15.0 Å². The van der Waals surface area contributed by atoms with E-state index in [-0.39, 0.29) is 6.42 Å². The molecule has 0 aliphatic rings. The number of hydrogen-bond acceptors (Lipinski definition) is 3. The van der Waals surface area contributed by atoms with Crippen molar-refractivity contribution in [3.63, 3.8) is 0 Å². The van der Waals surface area contributed by atoms with Crippen molar-refractivity contribution in [3.05, 3.63) is 12.1 Å². The largest absolute Gasteiger partial charge is 0.478 e. The van der Waals surface area contributed by atoms with Crippen LogP contribution >= 0.6 is 0 Å². The third-order valence-electron chi connectivity index (χ3n) is 3.61. The van der Waals surface area contributed by atoms with Gasteiger partial charge >= 0.3 is 5.97 Å². The molecular formula is C18H34O4. The van der Waals surface area contributed by atoms with Crippen LogP contribution in [0.25, 0.3) is 0 Å². The third-order valence-corrected chi connectivity index (χ3v) is 3.61. The number of rotatable bonds is 15. The fourth-order valence-electron chi connectivity index (χ4n) is 2.25. The molecule has 0 saturated heterocycles. The Morgan fingerprint density at radius 3 is 2.05 bits per heavy atom. The summed E-state index contributed by atoms with van der Waals surface area (Å²) in [4.78, 5) is 10.6. The quantitative estimate of drug-likeness (QED) is 0.314. The predicted molar refractivity (Wildman–Crippen MR) is 89.9 cm³/mol. The second-order valence-electron chi connectivity index (χ2n) is 5.67. The van der Waals surface area contributed by atoms with Gasteiger partial charge in [0.15, 0.2) is 0 Å². The lowest BCUT2D eigenvalue weighted by atomic mass is 10.00.